The molecule has 24 heavy (non-hydrogen) atoms. The van der Waals surface area contributed by atoms with E-state index in [9.17, 15) is 4.79 Å². The molecule has 1 aromatic rings. The number of hydrogen-bond acceptors (Lipinski definition) is 3. The largest absolute Gasteiger partial charge is 0.356 e. The van der Waals surface area contributed by atoms with Crippen molar-refractivity contribution in [3.63, 3.8) is 0 Å². The molecule has 0 bridgehead atoms. The van der Waals surface area contributed by atoms with Gasteiger partial charge >= 0.3 is 0 Å². The standard InChI is InChI=1S/C17H26N4OS.HI/c1-18-17(19-9-11-23-2)20-12-14-5-7-15(8-6-14)13-21-10-3-4-16(21)22;/h5-8H,3-4,9-13H2,1-2H3,(H2,18,19,20);1H. The number of carbonyl (C=O) groups excluding carboxylic acids is 1. The minimum absolute atomic E-state index is 0. The first-order valence-corrected chi connectivity index (χ1v) is 9.41. The molecule has 7 heteroatoms. The number of guanidine groups is 1. The van der Waals surface area contributed by atoms with Crippen LogP contribution in [0.5, 0.6) is 0 Å². The van der Waals surface area contributed by atoms with Gasteiger partial charge in [0.1, 0.15) is 0 Å². The van der Waals surface area contributed by atoms with Gasteiger partial charge in [0.15, 0.2) is 5.96 Å². The number of hydrogen-bond donors (Lipinski definition) is 2. The summed E-state index contributed by atoms with van der Waals surface area (Å²) in [5.74, 6) is 2.16. The van der Waals surface area contributed by atoms with Crippen LogP contribution in [0, 0.1) is 0 Å². The smallest absolute Gasteiger partial charge is 0.222 e. The first kappa shape index (κ1) is 21.1. The third kappa shape index (κ3) is 6.88. The maximum absolute atomic E-state index is 11.7. The third-order valence-corrected chi connectivity index (χ3v) is 4.46. The second kappa shape index (κ2) is 11.6. The van der Waals surface area contributed by atoms with Gasteiger partial charge in [0.25, 0.3) is 0 Å². The van der Waals surface area contributed by atoms with Gasteiger partial charge in [-0.15, -0.1) is 24.0 Å². The lowest BCUT2D eigenvalue weighted by molar-refractivity contribution is -0.128. The minimum atomic E-state index is 0. The molecule has 2 rings (SSSR count). The Bertz CT molecular complexity index is 536. The van der Waals surface area contributed by atoms with Gasteiger partial charge in [-0.25, -0.2) is 0 Å². The topological polar surface area (TPSA) is 56.7 Å². The monoisotopic (exact) mass is 462 g/mol. The van der Waals surface area contributed by atoms with Crippen molar-refractivity contribution in [2.45, 2.75) is 25.9 Å². The fourth-order valence-electron chi connectivity index (χ4n) is 2.53. The van der Waals surface area contributed by atoms with Crippen LogP contribution in [-0.2, 0) is 17.9 Å². The number of nitrogens with one attached hydrogen (secondary N) is 2. The summed E-state index contributed by atoms with van der Waals surface area (Å²) >= 11 is 1.81. The van der Waals surface area contributed by atoms with Crippen molar-refractivity contribution in [3.05, 3.63) is 35.4 Å². The van der Waals surface area contributed by atoms with E-state index in [0.717, 1.165) is 44.3 Å². The molecule has 1 saturated heterocycles. The van der Waals surface area contributed by atoms with E-state index in [0.29, 0.717) is 6.42 Å². The summed E-state index contributed by atoms with van der Waals surface area (Å²) in [6, 6.07) is 8.43. The van der Waals surface area contributed by atoms with Crippen LogP contribution in [0.15, 0.2) is 29.3 Å². The zero-order chi connectivity index (χ0) is 16.5. The quantitative estimate of drug-likeness (QED) is 0.283. The van der Waals surface area contributed by atoms with Crippen LogP contribution in [0.25, 0.3) is 0 Å². The Balaban J connectivity index is 0.00000288. The molecule has 1 heterocycles. The first-order valence-electron chi connectivity index (χ1n) is 8.02. The fraction of sp³-hybridized carbons (Fsp3) is 0.529. The predicted molar refractivity (Wildman–Crippen MR) is 113 cm³/mol. The second-order valence-electron chi connectivity index (χ2n) is 5.58. The lowest BCUT2D eigenvalue weighted by atomic mass is 10.1. The number of benzene rings is 1. The van der Waals surface area contributed by atoms with Crippen LogP contribution in [0.4, 0.5) is 0 Å². The van der Waals surface area contributed by atoms with E-state index in [1.165, 1.54) is 11.1 Å². The molecule has 0 saturated carbocycles. The zero-order valence-corrected chi connectivity index (χ0v) is 17.5. The Labute approximate surface area is 166 Å². The van der Waals surface area contributed by atoms with Crippen LogP contribution in [0.2, 0.25) is 0 Å². The Hall–Kier alpha value is -0.960. The van der Waals surface area contributed by atoms with Crippen LogP contribution in [0.3, 0.4) is 0 Å². The number of likely N-dealkylation sites (tertiary alicyclic amines) is 1. The normalized spacial score (nSPS) is 14.5. The molecule has 0 aliphatic carbocycles. The fourth-order valence-corrected chi connectivity index (χ4v) is 2.84. The van der Waals surface area contributed by atoms with E-state index < -0.39 is 0 Å². The number of nitrogens with zero attached hydrogens (tertiary/aromatic N) is 2. The van der Waals surface area contributed by atoms with E-state index in [1.807, 2.05) is 16.7 Å². The predicted octanol–water partition coefficient (Wildman–Crippen LogP) is 2.46. The van der Waals surface area contributed by atoms with E-state index in [4.69, 9.17) is 0 Å². The van der Waals surface area contributed by atoms with Crippen LogP contribution in [0.1, 0.15) is 24.0 Å². The Kier molecular flexibility index (Phi) is 10.2. The molecule has 2 N–H and O–H groups in total. The average molecular weight is 462 g/mol. The van der Waals surface area contributed by atoms with Crippen LogP contribution in [-0.4, -0.2) is 48.9 Å². The van der Waals surface area contributed by atoms with Gasteiger partial charge in [-0.2, -0.15) is 11.8 Å². The summed E-state index contributed by atoms with van der Waals surface area (Å²) in [5, 5.41) is 6.59. The van der Waals surface area contributed by atoms with Crippen molar-refractivity contribution < 1.29 is 4.79 Å². The number of aliphatic imine (C=N–C) groups is 1. The maximum Gasteiger partial charge on any atom is 0.222 e. The SMILES string of the molecule is CN=C(NCCSC)NCc1ccc(CN2CCCC2=O)cc1.I. The Morgan fingerprint density at radius 1 is 1.25 bits per heavy atom. The highest BCUT2D eigenvalue weighted by molar-refractivity contribution is 14.0. The van der Waals surface area contributed by atoms with Gasteiger partial charge in [0.05, 0.1) is 0 Å². The van der Waals surface area contributed by atoms with Crippen molar-refractivity contribution in [2.75, 3.05) is 32.1 Å². The molecule has 134 valence electrons. The summed E-state index contributed by atoms with van der Waals surface area (Å²) in [7, 11) is 1.78. The first-order chi connectivity index (χ1) is 11.2. The van der Waals surface area contributed by atoms with E-state index in [2.05, 4.69) is 46.1 Å². The van der Waals surface area contributed by atoms with Crippen molar-refractivity contribution >= 4 is 47.6 Å². The highest BCUT2D eigenvalue weighted by Gasteiger charge is 2.19. The molecule has 1 aromatic carbocycles. The number of carbonyl (C=O) groups is 1. The highest BCUT2D eigenvalue weighted by Crippen LogP contribution is 2.14. The van der Waals surface area contributed by atoms with E-state index >= 15 is 0 Å². The van der Waals surface area contributed by atoms with Crippen LogP contribution < -0.4 is 10.6 Å². The third-order valence-electron chi connectivity index (χ3n) is 3.85. The van der Waals surface area contributed by atoms with Gasteiger partial charge in [-0.3, -0.25) is 9.79 Å². The lowest BCUT2D eigenvalue weighted by Gasteiger charge is -2.16. The molecule has 1 amide bonds. The van der Waals surface area contributed by atoms with Gasteiger partial charge in [-0.1, -0.05) is 24.3 Å². The molecule has 0 aromatic heterocycles. The zero-order valence-electron chi connectivity index (χ0n) is 14.4. The van der Waals surface area contributed by atoms with Gasteiger partial charge in [0, 0.05) is 45.4 Å². The molecule has 5 nitrogen and oxygen atoms in total. The summed E-state index contributed by atoms with van der Waals surface area (Å²) < 4.78 is 0. The highest BCUT2D eigenvalue weighted by atomic mass is 127. The second-order valence-corrected chi connectivity index (χ2v) is 6.57. The molecule has 0 unspecified atom stereocenters. The molecule has 1 aliphatic heterocycles. The van der Waals surface area contributed by atoms with E-state index in [1.54, 1.807) is 7.05 Å². The lowest BCUT2D eigenvalue weighted by Crippen LogP contribution is -2.37. The Morgan fingerprint density at radius 2 is 1.96 bits per heavy atom. The molecule has 1 aliphatic rings. The number of rotatable bonds is 7. The molecule has 0 spiro atoms. The number of amides is 1. The average Bonchev–Trinajstić information content (AvgIpc) is 2.97. The van der Waals surface area contributed by atoms with Gasteiger partial charge < -0.3 is 15.5 Å². The number of thioether (sulfide) groups is 1. The Morgan fingerprint density at radius 3 is 2.54 bits per heavy atom. The van der Waals surface area contributed by atoms with Crippen molar-refractivity contribution in [1.29, 1.82) is 0 Å². The van der Waals surface area contributed by atoms with Gasteiger partial charge in [0.2, 0.25) is 5.91 Å². The van der Waals surface area contributed by atoms with Crippen molar-refractivity contribution in [1.82, 2.24) is 15.5 Å². The summed E-state index contributed by atoms with van der Waals surface area (Å²) in [5.41, 5.74) is 2.39. The summed E-state index contributed by atoms with van der Waals surface area (Å²) in [6.45, 7) is 3.26. The molecular formula is C17H27IN4OS. The minimum Gasteiger partial charge on any atom is -0.356 e. The van der Waals surface area contributed by atoms with Crippen molar-refractivity contribution in [3.8, 4) is 0 Å². The van der Waals surface area contributed by atoms with Crippen molar-refractivity contribution in [2.24, 2.45) is 4.99 Å². The van der Waals surface area contributed by atoms with Crippen LogP contribution >= 0.6 is 35.7 Å². The van der Waals surface area contributed by atoms with Gasteiger partial charge in [-0.05, 0) is 23.8 Å². The molecule has 1 fully saturated rings. The summed E-state index contributed by atoms with van der Waals surface area (Å²) in [6.07, 6.45) is 3.78. The molecular weight excluding hydrogens is 435 g/mol. The van der Waals surface area contributed by atoms with E-state index in [-0.39, 0.29) is 29.9 Å². The molecule has 0 radical (unpaired) electrons. The summed E-state index contributed by atoms with van der Waals surface area (Å²) in [4.78, 5) is 17.8. The number of halogens is 1. The maximum atomic E-state index is 11.7. The molecule has 0 atom stereocenters.